The first-order chi connectivity index (χ1) is 11.8. The number of hydrogen-bond donors (Lipinski definition) is 0. The van der Waals surface area contributed by atoms with Gasteiger partial charge in [-0.15, -0.1) is 0 Å². The van der Waals surface area contributed by atoms with Gasteiger partial charge in [-0.3, -0.25) is 4.18 Å². The fourth-order valence-electron chi connectivity index (χ4n) is 3.10. The zero-order valence-electron chi connectivity index (χ0n) is 14.0. The SMILES string of the molecule is CCC(OS(C)(=O)=O)c1c(Cl)cc2c(cnn2C2CCCCO2)c1Br. The molecule has 2 unspecified atom stereocenters. The molecule has 25 heavy (non-hydrogen) atoms. The summed E-state index contributed by atoms with van der Waals surface area (Å²) in [6.07, 6.45) is 5.55. The fraction of sp³-hybridized carbons (Fsp3) is 0.562. The van der Waals surface area contributed by atoms with Crippen molar-refractivity contribution in [2.45, 2.75) is 44.9 Å². The van der Waals surface area contributed by atoms with Crippen LogP contribution in [-0.2, 0) is 19.0 Å². The largest absolute Gasteiger partial charge is 0.356 e. The molecule has 0 saturated carbocycles. The van der Waals surface area contributed by atoms with Crippen LogP contribution in [0.2, 0.25) is 5.02 Å². The first kappa shape index (κ1) is 19.1. The summed E-state index contributed by atoms with van der Waals surface area (Å²) in [5, 5.41) is 5.75. The Balaban J connectivity index is 2.07. The molecule has 6 nitrogen and oxygen atoms in total. The lowest BCUT2D eigenvalue weighted by molar-refractivity contribution is -0.0366. The van der Waals surface area contributed by atoms with Gasteiger partial charge in [0.15, 0.2) is 6.23 Å². The first-order valence-electron chi connectivity index (χ1n) is 8.16. The smallest absolute Gasteiger partial charge is 0.264 e. The third kappa shape index (κ3) is 4.03. The third-order valence-corrected chi connectivity index (χ3v) is 5.99. The van der Waals surface area contributed by atoms with E-state index in [9.17, 15) is 8.42 Å². The van der Waals surface area contributed by atoms with Gasteiger partial charge in [-0.2, -0.15) is 13.5 Å². The summed E-state index contributed by atoms with van der Waals surface area (Å²) < 4.78 is 36.7. The predicted octanol–water partition coefficient (Wildman–Crippen LogP) is 4.58. The highest BCUT2D eigenvalue weighted by molar-refractivity contribution is 9.10. The quantitative estimate of drug-likeness (QED) is 0.622. The molecule has 2 heterocycles. The molecule has 0 spiro atoms. The van der Waals surface area contributed by atoms with Crippen LogP contribution in [-0.4, -0.2) is 31.1 Å². The molecule has 2 atom stereocenters. The summed E-state index contributed by atoms with van der Waals surface area (Å²) in [6.45, 7) is 2.57. The first-order valence-corrected chi connectivity index (χ1v) is 11.2. The van der Waals surface area contributed by atoms with Gasteiger partial charge in [0.05, 0.1) is 18.0 Å². The molecule has 1 aromatic carbocycles. The number of halogens is 2. The fourth-order valence-corrected chi connectivity index (χ4v) is 4.97. The molecule has 0 amide bonds. The minimum atomic E-state index is -3.60. The summed E-state index contributed by atoms with van der Waals surface area (Å²) in [7, 11) is -3.60. The maximum atomic E-state index is 11.6. The Hall–Kier alpha value is -0.670. The molecular formula is C16H20BrClN2O4S. The number of benzene rings is 1. The lowest BCUT2D eigenvalue weighted by Gasteiger charge is -2.24. The standard InChI is InChI=1S/C16H20BrClN2O4S/c1-3-13(24-25(2,21)22)15-11(18)8-12-10(16(15)17)9-19-20(12)14-6-4-5-7-23-14/h8-9,13-14H,3-7H2,1-2H3. The second kappa shape index (κ2) is 7.52. The minimum absolute atomic E-state index is 0.102. The van der Waals surface area contributed by atoms with Crippen molar-refractivity contribution in [2.75, 3.05) is 12.9 Å². The van der Waals surface area contributed by atoms with Crippen LogP contribution in [0.5, 0.6) is 0 Å². The van der Waals surface area contributed by atoms with Gasteiger partial charge in [0.1, 0.15) is 6.10 Å². The van der Waals surface area contributed by atoms with E-state index in [0.717, 1.165) is 43.0 Å². The molecule has 3 rings (SSSR count). The maximum Gasteiger partial charge on any atom is 0.264 e. The van der Waals surface area contributed by atoms with E-state index < -0.39 is 16.2 Å². The maximum absolute atomic E-state index is 11.6. The number of rotatable bonds is 5. The van der Waals surface area contributed by atoms with Crippen LogP contribution in [0.4, 0.5) is 0 Å². The Morgan fingerprint density at radius 3 is 2.88 bits per heavy atom. The Morgan fingerprint density at radius 1 is 1.52 bits per heavy atom. The van der Waals surface area contributed by atoms with E-state index in [0.29, 0.717) is 21.5 Å². The van der Waals surface area contributed by atoms with E-state index in [1.54, 1.807) is 12.3 Å². The molecular weight excluding hydrogens is 432 g/mol. The van der Waals surface area contributed by atoms with Crippen molar-refractivity contribution in [3.63, 3.8) is 0 Å². The molecule has 2 aromatic rings. The van der Waals surface area contributed by atoms with Crippen LogP contribution >= 0.6 is 27.5 Å². The van der Waals surface area contributed by atoms with Crippen LogP contribution in [0.3, 0.4) is 0 Å². The number of ether oxygens (including phenoxy) is 1. The number of fused-ring (bicyclic) bond motifs is 1. The predicted molar refractivity (Wildman–Crippen MR) is 100 cm³/mol. The zero-order chi connectivity index (χ0) is 18.2. The van der Waals surface area contributed by atoms with E-state index in [-0.39, 0.29) is 6.23 Å². The molecule has 0 N–H and O–H groups in total. The van der Waals surface area contributed by atoms with Gasteiger partial charge in [0, 0.05) is 27.1 Å². The Kier molecular flexibility index (Phi) is 5.75. The van der Waals surface area contributed by atoms with E-state index in [2.05, 4.69) is 21.0 Å². The van der Waals surface area contributed by atoms with Crippen molar-refractivity contribution in [3.8, 4) is 0 Å². The third-order valence-electron chi connectivity index (χ3n) is 4.24. The van der Waals surface area contributed by atoms with Gasteiger partial charge in [-0.25, -0.2) is 4.68 Å². The van der Waals surface area contributed by atoms with Gasteiger partial charge in [-0.05, 0) is 47.7 Å². The van der Waals surface area contributed by atoms with Gasteiger partial charge in [0.25, 0.3) is 10.1 Å². The molecule has 1 saturated heterocycles. The minimum Gasteiger partial charge on any atom is -0.356 e. The zero-order valence-corrected chi connectivity index (χ0v) is 17.2. The second-order valence-electron chi connectivity index (χ2n) is 6.13. The van der Waals surface area contributed by atoms with Crippen LogP contribution in [0.1, 0.15) is 50.5 Å². The summed E-state index contributed by atoms with van der Waals surface area (Å²) in [4.78, 5) is 0. The molecule has 9 heteroatoms. The van der Waals surface area contributed by atoms with Gasteiger partial charge >= 0.3 is 0 Å². The number of aromatic nitrogens is 2. The Morgan fingerprint density at radius 2 is 2.28 bits per heavy atom. The van der Waals surface area contributed by atoms with Crippen molar-refractivity contribution in [1.29, 1.82) is 0 Å². The second-order valence-corrected chi connectivity index (χ2v) is 8.93. The van der Waals surface area contributed by atoms with E-state index in [4.69, 9.17) is 20.5 Å². The molecule has 0 aliphatic carbocycles. The van der Waals surface area contributed by atoms with Crippen LogP contribution in [0.25, 0.3) is 10.9 Å². The normalized spacial score (nSPS) is 20.1. The van der Waals surface area contributed by atoms with Crippen molar-refractivity contribution in [1.82, 2.24) is 9.78 Å². The summed E-state index contributed by atoms with van der Waals surface area (Å²) in [5.74, 6) is 0. The summed E-state index contributed by atoms with van der Waals surface area (Å²) in [6, 6.07) is 1.80. The lowest BCUT2D eigenvalue weighted by atomic mass is 10.1. The van der Waals surface area contributed by atoms with Gasteiger partial charge in [0.2, 0.25) is 0 Å². The van der Waals surface area contributed by atoms with Gasteiger partial charge in [-0.1, -0.05) is 18.5 Å². The van der Waals surface area contributed by atoms with Crippen molar-refractivity contribution in [3.05, 3.63) is 27.3 Å². The molecule has 1 fully saturated rings. The molecule has 1 aromatic heterocycles. The van der Waals surface area contributed by atoms with Crippen molar-refractivity contribution in [2.24, 2.45) is 0 Å². The molecule has 0 radical (unpaired) electrons. The molecule has 0 bridgehead atoms. The lowest BCUT2D eigenvalue weighted by Crippen LogP contribution is -2.19. The summed E-state index contributed by atoms with van der Waals surface area (Å²) in [5.41, 5.74) is 1.47. The highest BCUT2D eigenvalue weighted by Gasteiger charge is 2.26. The number of hydrogen-bond acceptors (Lipinski definition) is 5. The van der Waals surface area contributed by atoms with Gasteiger partial charge < -0.3 is 4.74 Å². The highest BCUT2D eigenvalue weighted by atomic mass is 79.9. The average Bonchev–Trinajstić information content (AvgIpc) is 2.97. The Bertz CT molecular complexity index is 878. The molecule has 138 valence electrons. The number of nitrogens with zero attached hydrogens (tertiary/aromatic N) is 2. The van der Waals surface area contributed by atoms with Crippen molar-refractivity contribution >= 4 is 48.6 Å². The average molecular weight is 452 g/mol. The topological polar surface area (TPSA) is 70.4 Å². The molecule has 1 aliphatic heterocycles. The molecule has 1 aliphatic rings. The van der Waals surface area contributed by atoms with Crippen LogP contribution < -0.4 is 0 Å². The van der Waals surface area contributed by atoms with E-state index in [1.807, 2.05) is 11.6 Å². The van der Waals surface area contributed by atoms with E-state index >= 15 is 0 Å². The monoisotopic (exact) mass is 450 g/mol. The Labute approximate surface area is 160 Å². The van der Waals surface area contributed by atoms with Crippen molar-refractivity contribution < 1.29 is 17.3 Å². The van der Waals surface area contributed by atoms with Crippen LogP contribution in [0.15, 0.2) is 16.7 Å². The summed E-state index contributed by atoms with van der Waals surface area (Å²) >= 11 is 10.1. The highest BCUT2D eigenvalue weighted by Crippen LogP contribution is 2.41. The van der Waals surface area contributed by atoms with Crippen LogP contribution in [0, 0.1) is 0 Å². The van der Waals surface area contributed by atoms with E-state index in [1.165, 1.54) is 0 Å².